The molecule has 73 heavy (non-hydrogen) atoms. The highest BCUT2D eigenvalue weighted by Gasteiger charge is 2.45. The number of rotatable bonds is 14. The molecule has 5 atom stereocenters. The second kappa shape index (κ2) is 20.9. The molecule has 6 aromatic rings. The summed E-state index contributed by atoms with van der Waals surface area (Å²) in [6.07, 6.45) is -0.452. The number of aliphatic hydroxyl groups is 1. The summed E-state index contributed by atoms with van der Waals surface area (Å²) in [4.78, 5) is 64.2. The van der Waals surface area contributed by atoms with E-state index in [9.17, 15) is 24.3 Å². The van der Waals surface area contributed by atoms with Crippen LogP contribution < -0.4 is 20.7 Å². The number of amides is 4. The largest absolute Gasteiger partial charge is 0.490 e. The van der Waals surface area contributed by atoms with Crippen LogP contribution in [0.5, 0.6) is 5.75 Å². The van der Waals surface area contributed by atoms with E-state index in [0.29, 0.717) is 29.5 Å². The number of thiophene rings is 2. The predicted molar refractivity (Wildman–Crippen MR) is 282 cm³/mol. The fourth-order valence-electron chi connectivity index (χ4n) is 9.80. The fraction of sp³-hybridized carbons (Fsp3) is 0.400. The van der Waals surface area contributed by atoms with E-state index in [2.05, 4.69) is 58.4 Å². The molecule has 2 aliphatic heterocycles. The lowest BCUT2D eigenvalue weighted by Gasteiger charge is -2.36. The lowest BCUT2D eigenvalue weighted by molar-refractivity contribution is -0.144. The number of carbonyl (C=O) groups excluding carboxylic acids is 4. The standard InChI is InChI=1S/C55H60ClFN8O6S2/c1-28-19-20-72-49(28)35-11-9-33(10-12-35)30(3)58-52(69)44-24-39(66)27-64(44)53(70)50(55(6,7)8)61-45(67)21-36-15-18-40(25-42(36)57)71-41-22-38(23-41)59-46(68)26-43-51-63-62-32(5)65(51)54-47(29(2)31(4)73-54)48(60-43)34-13-16-37(56)17-14-34/h9-20,25,30,38-39,41,43-44,50,66H,21-24,26-27H2,1-8H3,(H,58,69)(H,59,68)(H,61,67)/t30-,38?,39+,41?,43-,44-,50+/m0/s1. The number of benzene rings is 3. The van der Waals surface area contributed by atoms with E-state index in [0.717, 1.165) is 43.4 Å². The van der Waals surface area contributed by atoms with Crippen LogP contribution in [0.3, 0.4) is 0 Å². The van der Waals surface area contributed by atoms with E-state index in [-0.39, 0.29) is 61.2 Å². The van der Waals surface area contributed by atoms with Crippen molar-refractivity contribution in [1.82, 2.24) is 35.6 Å². The minimum Gasteiger partial charge on any atom is -0.490 e. The number of aromatic nitrogens is 3. The maximum atomic E-state index is 15.6. The molecule has 1 saturated heterocycles. The number of aliphatic hydroxyl groups excluding tert-OH is 1. The molecular weight excluding hydrogens is 987 g/mol. The molecule has 3 aromatic heterocycles. The van der Waals surface area contributed by atoms with Crippen molar-refractivity contribution in [2.24, 2.45) is 10.4 Å². The third-order valence-electron chi connectivity index (χ3n) is 14.1. The highest BCUT2D eigenvalue weighted by Crippen LogP contribution is 2.40. The first-order chi connectivity index (χ1) is 34.7. The summed E-state index contributed by atoms with van der Waals surface area (Å²) in [6.45, 7) is 15.3. The van der Waals surface area contributed by atoms with Gasteiger partial charge in [0.1, 0.15) is 46.6 Å². The summed E-state index contributed by atoms with van der Waals surface area (Å²) in [6, 6.07) is 18.7. The van der Waals surface area contributed by atoms with Crippen molar-refractivity contribution < 1.29 is 33.4 Å². The van der Waals surface area contributed by atoms with Crippen LogP contribution in [0.2, 0.25) is 5.02 Å². The first-order valence-corrected chi connectivity index (χ1v) is 26.6. The lowest BCUT2D eigenvalue weighted by Crippen LogP contribution is -2.58. The Hall–Kier alpha value is -6.27. The topological polar surface area (TPSA) is 180 Å². The van der Waals surface area contributed by atoms with Crippen molar-refractivity contribution in [3.63, 3.8) is 0 Å². The average Bonchev–Trinajstić information content (AvgIpc) is 4.10. The van der Waals surface area contributed by atoms with Gasteiger partial charge in [-0.1, -0.05) is 74.8 Å². The summed E-state index contributed by atoms with van der Waals surface area (Å²) in [5, 5.41) is 32.2. The summed E-state index contributed by atoms with van der Waals surface area (Å²) in [7, 11) is 0. The molecule has 0 bridgehead atoms. The molecule has 3 aliphatic rings. The molecule has 4 amide bonds. The molecule has 0 spiro atoms. The smallest absolute Gasteiger partial charge is 0.246 e. The highest BCUT2D eigenvalue weighted by atomic mass is 35.5. The maximum Gasteiger partial charge on any atom is 0.246 e. The molecule has 3 aromatic carbocycles. The fourth-order valence-corrected chi connectivity index (χ4v) is 12.1. The van der Waals surface area contributed by atoms with Crippen molar-refractivity contribution in [3.8, 4) is 21.2 Å². The SMILES string of the molecule is Cc1ccsc1-c1ccc([C@H](C)NC(=O)[C@@H]2C[C@@H](O)CN2C(=O)[C@@H](NC(=O)Cc2ccc(OC3CC(NC(=O)C[C@@H]4N=C(c5ccc(Cl)cc5)c5c(sc(C)c5C)-n5c(C)nnc54)C3)cc2F)C(C)(C)C)cc1. The third kappa shape index (κ3) is 11.0. The molecule has 1 saturated carbocycles. The van der Waals surface area contributed by atoms with E-state index in [1.807, 2.05) is 66.9 Å². The van der Waals surface area contributed by atoms with Crippen LogP contribution in [0.25, 0.3) is 15.4 Å². The Morgan fingerprint density at radius 1 is 0.918 bits per heavy atom. The van der Waals surface area contributed by atoms with E-state index in [1.54, 1.807) is 49.5 Å². The molecule has 5 heterocycles. The number of ether oxygens (including phenoxy) is 1. The van der Waals surface area contributed by atoms with Crippen molar-refractivity contribution >= 4 is 63.6 Å². The van der Waals surface area contributed by atoms with Gasteiger partial charge < -0.3 is 30.7 Å². The molecule has 4 N–H and O–H groups in total. The molecule has 9 rings (SSSR count). The number of nitrogens with zero attached hydrogens (tertiary/aromatic N) is 5. The summed E-state index contributed by atoms with van der Waals surface area (Å²) in [5.74, 6) is -0.770. The second-order valence-corrected chi connectivity index (χ2v) is 23.1. The van der Waals surface area contributed by atoms with Crippen molar-refractivity contribution in [3.05, 3.63) is 139 Å². The second-order valence-electron chi connectivity index (χ2n) is 20.6. The van der Waals surface area contributed by atoms with E-state index in [1.165, 1.54) is 27.5 Å². The maximum absolute atomic E-state index is 15.6. The Morgan fingerprint density at radius 3 is 2.30 bits per heavy atom. The molecule has 18 heteroatoms. The van der Waals surface area contributed by atoms with Crippen LogP contribution in [0.1, 0.15) is 115 Å². The van der Waals surface area contributed by atoms with Gasteiger partial charge >= 0.3 is 0 Å². The van der Waals surface area contributed by atoms with Gasteiger partial charge in [0.15, 0.2) is 5.82 Å². The van der Waals surface area contributed by atoms with Gasteiger partial charge in [-0.3, -0.25) is 28.7 Å². The number of β-amino-alcohol motifs (C(OH)–C–C–N with tert-alkyl or cyclic N) is 1. The van der Waals surface area contributed by atoms with Crippen LogP contribution >= 0.6 is 34.3 Å². The number of hydrogen-bond acceptors (Lipinski definition) is 11. The third-order valence-corrected chi connectivity index (χ3v) is 16.6. The number of aliphatic imine (C=N–C) groups is 1. The normalized spacial score (nSPS) is 20.2. The molecule has 382 valence electrons. The molecule has 0 radical (unpaired) electrons. The summed E-state index contributed by atoms with van der Waals surface area (Å²) in [5.41, 5.74) is 6.21. The van der Waals surface area contributed by atoms with Crippen LogP contribution in [0.4, 0.5) is 4.39 Å². The predicted octanol–water partition coefficient (Wildman–Crippen LogP) is 9.00. The monoisotopic (exact) mass is 1050 g/mol. The lowest BCUT2D eigenvalue weighted by atomic mass is 9.85. The number of fused-ring (bicyclic) bond motifs is 3. The Morgan fingerprint density at radius 2 is 1.63 bits per heavy atom. The Bertz CT molecular complexity index is 3100. The van der Waals surface area contributed by atoms with Gasteiger partial charge in [-0.25, -0.2) is 4.39 Å². The minimum absolute atomic E-state index is 0.0420. The number of halogens is 2. The molecule has 1 aliphatic carbocycles. The summed E-state index contributed by atoms with van der Waals surface area (Å²) < 4.78 is 23.8. The van der Waals surface area contributed by atoms with E-state index >= 15 is 4.39 Å². The number of aryl methyl sites for hydroxylation is 3. The number of nitrogens with one attached hydrogen (secondary N) is 3. The van der Waals surface area contributed by atoms with Gasteiger partial charge in [-0.05, 0) is 97.5 Å². The Kier molecular flexibility index (Phi) is 14.8. The zero-order valence-corrected chi connectivity index (χ0v) is 44.5. The minimum atomic E-state index is -1.08. The highest BCUT2D eigenvalue weighted by molar-refractivity contribution is 7.15. The van der Waals surface area contributed by atoms with Gasteiger partial charge in [0.25, 0.3) is 0 Å². The van der Waals surface area contributed by atoms with Crippen LogP contribution in [0.15, 0.2) is 83.2 Å². The summed E-state index contributed by atoms with van der Waals surface area (Å²) >= 11 is 9.57. The number of likely N-dealkylation sites (tertiary alicyclic amines) is 1. The van der Waals surface area contributed by atoms with Crippen molar-refractivity contribution in [2.45, 2.75) is 130 Å². The zero-order valence-electron chi connectivity index (χ0n) is 42.1. The quantitative estimate of drug-likeness (QED) is 0.0835. The molecular formula is C55H60ClFN8O6S2. The number of carbonyl (C=O) groups is 4. The van der Waals surface area contributed by atoms with Gasteiger partial charge in [0, 0.05) is 63.8 Å². The van der Waals surface area contributed by atoms with Crippen LogP contribution in [-0.4, -0.2) is 91.0 Å². The first kappa shape index (κ1) is 51.6. The van der Waals surface area contributed by atoms with Crippen LogP contribution in [-0.2, 0) is 25.6 Å². The molecule has 0 unspecified atom stereocenters. The number of hydrogen-bond donors (Lipinski definition) is 4. The first-order valence-electron chi connectivity index (χ1n) is 24.6. The van der Waals surface area contributed by atoms with Gasteiger partial charge in [-0.2, -0.15) is 0 Å². The zero-order chi connectivity index (χ0) is 52.0. The van der Waals surface area contributed by atoms with Crippen molar-refractivity contribution in [2.75, 3.05) is 6.54 Å². The van der Waals surface area contributed by atoms with Crippen LogP contribution in [0, 0.1) is 38.9 Å². The molecule has 14 nitrogen and oxygen atoms in total. The van der Waals surface area contributed by atoms with Gasteiger partial charge in [0.05, 0.1) is 30.7 Å². The van der Waals surface area contributed by atoms with Gasteiger partial charge in [0.2, 0.25) is 23.6 Å². The Balaban J connectivity index is 0.781. The van der Waals surface area contributed by atoms with Gasteiger partial charge in [-0.15, -0.1) is 32.9 Å². The average molecular weight is 1050 g/mol. The Labute approximate surface area is 437 Å². The van der Waals surface area contributed by atoms with E-state index < -0.39 is 53.2 Å². The van der Waals surface area contributed by atoms with E-state index in [4.69, 9.17) is 21.3 Å². The molecule has 2 fully saturated rings. The van der Waals surface area contributed by atoms with Crippen molar-refractivity contribution in [1.29, 1.82) is 0 Å².